The third-order valence-electron chi connectivity index (χ3n) is 5.39. The highest BCUT2D eigenvalue weighted by atomic mass is 16.4. The number of carboxylic acids is 1. The molecule has 0 aliphatic carbocycles. The number of carbonyl (C=O) groups excluding carboxylic acids is 2. The van der Waals surface area contributed by atoms with Crippen LogP contribution >= 0.6 is 0 Å². The van der Waals surface area contributed by atoms with Crippen LogP contribution in [0.25, 0.3) is 11.1 Å². The molecule has 5 heteroatoms. The lowest BCUT2D eigenvalue weighted by Gasteiger charge is -2.23. The van der Waals surface area contributed by atoms with Crippen LogP contribution in [0, 0.1) is 0 Å². The Kier molecular flexibility index (Phi) is 6.58. The van der Waals surface area contributed by atoms with Crippen LogP contribution in [-0.4, -0.2) is 22.8 Å². The molecule has 3 aromatic carbocycles. The number of hydrogen-bond donors (Lipinski definition) is 1. The van der Waals surface area contributed by atoms with Gasteiger partial charge in [-0.2, -0.15) is 0 Å². The van der Waals surface area contributed by atoms with Crippen LogP contribution in [0.4, 0.5) is 5.69 Å². The van der Waals surface area contributed by atoms with Crippen molar-refractivity contribution in [2.24, 2.45) is 0 Å². The van der Waals surface area contributed by atoms with Crippen molar-refractivity contribution in [3.05, 3.63) is 89.5 Å². The van der Waals surface area contributed by atoms with Gasteiger partial charge in [-0.15, -0.1) is 0 Å². The molecule has 0 aliphatic rings. The molecule has 0 aliphatic heterocycles. The molecule has 0 bridgehead atoms. The molecule has 0 aromatic heterocycles. The molecule has 0 spiro atoms. The molecule has 32 heavy (non-hydrogen) atoms. The van der Waals surface area contributed by atoms with Crippen LogP contribution in [0.2, 0.25) is 0 Å². The lowest BCUT2D eigenvalue weighted by molar-refractivity contribution is -0.148. The van der Waals surface area contributed by atoms with E-state index in [1.165, 1.54) is 11.8 Å². The number of rotatable bonds is 5. The van der Waals surface area contributed by atoms with E-state index in [0.29, 0.717) is 11.3 Å². The van der Waals surface area contributed by atoms with E-state index in [1.54, 1.807) is 24.3 Å². The lowest BCUT2D eigenvalue weighted by Crippen LogP contribution is -2.36. The highest BCUT2D eigenvalue weighted by Crippen LogP contribution is 2.26. The van der Waals surface area contributed by atoms with Crippen LogP contribution in [0.1, 0.15) is 49.2 Å². The molecular weight excluding hydrogens is 402 g/mol. The van der Waals surface area contributed by atoms with E-state index in [2.05, 4.69) is 20.8 Å². The van der Waals surface area contributed by atoms with Crippen molar-refractivity contribution < 1.29 is 19.5 Å². The fraction of sp³-hybridized carbons (Fsp3) is 0.222. The van der Waals surface area contributed by atoms with Crippen molar-refractivity contribution in [1.29, 1.82) is 0 Å². The Morgan fingerprint density at radius 2 is 1.28 bits per heavy atom. The highest BCUT2D eigenvalue weighted by Gasteiger charge is 2.23. The molecule has 0 heterocycles. The Hall–Kier alpha value is -3.73. The van der Waals surface area contributed by atoms with E-state index in [4.69, 9.17) is 0 Å². The lowest BCUT2D eigenvalue weighted by atomic mass is 9.87. The number of amides is 1. The number of Topliss-reactive ketones (excluding diaryl/α,β-unsaturated/α-hetero) is 1. The quantitative estimate of drug-likeness (QED) is 0.431. The largest absolute Gasteiger partial charge is 0.474 e. The number of aliphatic carboxylic acids is 1. The first-order valence-electron chi connectivity index (χ1n) is 10.4. The minimum Gasteiger partial charge on any atom is -0.474 e. The predicted octanol–water partition coefficient (Wildman–Crippen LogP) is 5.47. The number of anilines is 1. The maximum atomic E-state index is 12.4. The number of carboxylic acid groups (broad SMARTS) is 1. The van der Waals surface area contributed by atoms with Crippen LogP contribution in [0.15, 0.2) is 72.8 Å². The van der Waals surface area contributed by atoms with Gasteiger partial charge in [-0.3, -0.25) is 14.5 Å². The van der Waals surface area contributed by atoms with E-state index in [1.807, 2.05) is 48.5 Å². The van der Waals surface area contributed by atoms with Crippen LogP contribution in [-0.2, 0) is 21.5 Å². The smallest absolute Gasteiger partial charge is 0.394 e. The van der Waals surface area contributed by atoms with Crippen LogP contribution in [0.5, 0.6) is 0 Å². The fourth-order valence-electron chi connectivity index (χ4n) is 3.42. The van der Waals surface area contributed by atoms with Crippen molar-refractivity contribution >= 4 is 23.3 Å². The van der Waals surface area contributed by atoms with Crippen molar-refractivity contribution in [1.82, 2.24) is 0 Å². The Labute approximate surface area is 188 Å². The number of hydrogen-bond acceptors (Lipinski definition) is 3. The first kappa shape index (κ1) is 22.9. The minimum atomic E-state index is -1.50. The number of nitrogens with zero attached hydrogens (tertiary/aromatic N) is 1. The second kappa shape index (κ2) is 9.18. The summed E-state index contributed by atoms with van der Waals surface area (Å²) >= 11 is 0. The molecule has 5 nitrogen and oxygen atoms in total. The SMILES string of the molecule is CC(=O)c1ccc(-c2ccc(N(Cc3ccc(C(C)(C)C)cc3)C(=O)C(=O)O)cc2)cc1. The first-order chi connectivity index (χ1) is 15.1. The van der Waals surface area contributed by atoms with Crippen LogP contribution < -0.4 is 4.90 Å². The van der Waals surface area contributed by atoms with Crippen molar-refractivity contribution in [2.75, 3.05) is 4.90 Å². The molecule has 0 unspecified atom stereocenters. The van der Waals surface area contributed by atoms with Crippen molar-refractivity contribution in [3.8, 4) is 11.1 Å². The van der Waals surface area contributed by atoms with Gasteiger partial charge in [0.25, 0.3) is 0 Å². The highest BCUT2D eigenvalue weighted by molar-refractivity contribution is 6.37. The summed E-state index contributed by atoms with van der Waals surface area (Å²) in [4.78, 5) is 36.6. The third kappa shape index (κ3) is 5.30. The molecule has 1 amide bonds. The van der Waals surface area contributed by atoms with Gasteiger partial charge in [0.15, 0.2) is 5.78 Å². The predicted molar refractivity (Wildman–Crippen MR) is 126 cm³/mol. The summed E-state index contributed by atoms with van der Waals surface area (Å²) in [6, 6.07) is 22.3. The molecule has 0 saturated carbocycles. The third-order valence-corrected chi connectivity index (χ3v) is 5.39. The van der Waals surface area contributed by atoms with E-state index >= 15 is 0 Å². The van der Waals surface area contributed by atoms with Gasteiger partial charge in [-0.1, -0.05) is 81.4 Å². The zero-order valence-corrected chi connectivity index (χ0v) is 18.8. The second-order valence-electron chi connectivity index (χ2n) is 8.82. The Morgan fingerprint density at radius 3 is 1.72 bits per heavy atom. The molecule has 3 aromatic rings. The second-order valence-corrected chi connectivity index (χ2v) is 8.82. The summed E-state index contributed by atoms with van der Waals surface area (Å²) in [6.45, 7) is 8.04. The van der Waals surface area contributed by atoms with Gasteiger partial charge in [-0.25, -0.2) is 4.79 Å². The number of carbonyl (C=O) groups is 3. The average Bonchev–Trinajstić information content (AvgIpc) is 2.77. The molecule has 0 fully saturated rings. The summed E-state index contributed by atoms with van der Waals surface area (Å²) in [6.07, 6.45) is 0. The molecule has 0 atom stereocenters. The maximum absolute atomic E-state index is 12.4. The standard InChI is InChI=1S/C27H27NO4/c1-18(29)20-7-9-21(10-8-20)22-11-15-24(16-12-22)28(25(30)26(31)32)17-19-5-13-23(14-6-19)27(2,3)4/h5-16H,17H2,1-4H3,(H,31,32). The van der Waals surface area contributed by atoms with E-state index in [-0.39, 0.29) is 17.7 Å². The van der Waals surface area contributed by atoms with Gasteiger partial charge in [0.05, 0.1) is 6.54 Å². The maximum Gasteiger partial charge on any atom is 0.394 e. The first-order valence-corrected chi connectivity index (χ1v) is 10.4. The fourth-order valence-corrected chi connectivity index (χ4v) is 3.42. The number of ketones is 1. The summed E-state index contributed by atoms with van der Waals surface area (Å²) in [7, 11) is 0. The monoisotopic (exact) mass is 429 g/mol. The van der Waals surface area contributed by atoms with Crippen molar-refractivity contribution in [2.45, 2.75) is 39.7 Å². The Bertz CT molecular complexity index is 1120. The topological polar surface area (TPSA) is 74.7 Å². The average molecular weight is 430 g/mol. The minimum absolute atomic E-state index is 0.00487. The van der Waals surface area contributed by atoms with E-state index < -0.39 is 11.9 Å². The Morgan fingerprint density at radius 1 is 0.781 bits per heavy atom. The van der Waals surface area contributed by atoms with Gasteiger partial charge in [-0.05, 0) is 46.7 Å². The molecule has 3 rings (SSSR count). The van der Waals surface area contributed by atoms with E-state index in [9.17, 15) is 19.5 Å². The zero-order valence-electron chi connectivity index (χ0n) is 18.8. The number of benzene rings is 3. The van der Waals surface area contributed by atoms with Gasteiger partial charge < -0.3 is 5.11 Å². The van der Waals surface area contributed by atoms with Gasteiger partial charge >= 0.3 is 11.9 Å². The van der Waals surface area contributed by atoms with Crippen molar-refractivity contribution in [3.63, 3.8) is 0 Å². The van der Waals surface area contributed by atoms with Crippen LogP contribution in [0.3, 0.4) is 0 Å². The molecule has 1 N–H and O–H groups in total. The zero-order chi connectivity index (χ0) is 23.5. The summed E-state index contributed by atoms with van der Waals surface area (Å²) in [5.41, 5.74) is 4.99. The summed E-state index contributed by atoms with van der Waals surface area (Å²) in [5.74, 6) is -2.48. The van der Waals surface area contributed by atoms with Gasteiger partial charge in [0, 0.05) is 11.3 Å². The Balaban J connectivity index is 1.86. The molecule has 164 valence electrons. The van der Waals surface area contributed by atoms with Gasteiger partial charge in [0.2, 0.25) is 0 Å². The van der Waals surface area contributed by atoms with Gasteiger partial charge in [0.1, 0.15) is 0 Å². The van der Waals surface area contributed by atoms with E-state index in [0.717, 1.165) is 22.3 Å². The molecule has 0 saturated heterocycles. The molecule has 0 radical (unpaired) electrons. The molecular formula is C27H27NO4. The summed E-state index contributed by atoms with van der Waals surface area (Å²) in [5, 5.41) is 9.33. The summed E-state index contributed by atoms with van der Waals surface area (Å²) < 4.78 is 0. The normalized spacial score (nSPS) is 11.1.